The van der Waals surface area contributed by atoms with Crippen LogP contribution in [-0.4, -0.2) is 12.1 Å². The van der Waals surface area contributed by atoms with Gasteiger partial charge >= 0.3 is 0 Å². The maximum absolute atomic E-state index is 13.6. The molecule has 0 aliphatic rings. The molecule has 0 saturated carbocycles. The van der Waals surface area contributed by atoms with Crippen molar-refractivity contribution in [2.24, 2.45) is 5.73 Å². The van der Waals surface area contributed by atoms with Crippen molar-refractivity contribution in [3.63, 3.8) is 0 Å². The summed E-state index contributed by atoms with van der Waals surface area (Å²) >= 11 is 0. The minimum Gasteiger partial charge on any atom is -0.493 e. The summed E-state index contributed by atoms with van der Waals surface area (Å²) in [4.78, 5) is 3.18. The third-order valence-corrected chi connectivity index (χ3v) is 2.76. The molecule has 1 aromatic heterocycles. The lowest BCUT2D eigenvalue weighted by Gasteiger charge is -2.09. The number of fused-ring (bicyclic) bond motifs is 1. The number of nitrogens with two attached hydrogens (primary N) is 1. The molecule has 1 atom stereocenters. The van der Waals surface area contributed by atoms with Gasteiger partial charge in [-0.2, -0.15) is 0 Å². The summed E-state index contributed by atoms with van der Waals surface area (Å²) in [5.74, 6) is -0.106. The van der Waals surface area contributed by atoms with E-state index < -0.39 is 0 Å². The van der Waals surface area contributed by atoms with Crippen LogP contribution in [0.4, 0.5) is 4.39 Å². The molecule has 1 aromatic carbocycles. The van der Waals surface area contributed by atoms with Crippen molar-refractivity contribution in [2.45, 2.75) is 19.9 Å². The molecular weight excluding hydrogens is 207 g/mol. The number of hydrogen-bond donors (Lipinski definition) is 2. The van der Waals surface area contributed by atoms with Gasteiger partial charge in [-0.05, 0) is 26.0 Å². The lowest BCUT2D eigenvalue weighted by atomic mass is 10.0. The summed E-state index contributed by atoms with van der Waals surface area (Å²) in [5.41, 5.74) is 8.61. The first-order chi connectivity index (χ1) is 7.56. The number of ether oxygens (including phenoxy) is 1. The van der Waals surface area contributed by atoms with Crippen molar-refractivity contribution in [1.29, 1.82) is 0 Å². The highest BCUT2D eigenvalue weighted by molar-refractivity contribution is 5.91. The zero-order valence-corrected chi connectivity index (χ0v) is 9.60. The standard InChI is InChI=1S/C12H15FN2O/c1-6(14)10-7(2)15-9-5-4-8(13)12(16-3)11(9)10/h4-6,15H,14H2,1-3H3. The number of aryl methyl sites for hydroxylation is 1. The Bertz CT molecular complexity index is 531. The van der Waals surface area contributed by atoms with Crippen molar-refractivity contribution in [2.75, 3.05) is 7.11 Å². The number of H-pyrrole nitrogens is 1. The van der Waals surface area contributed by atoms with Crippen LogP contribution in [0, 0.1) is 12.7 Å². The monoisotopic (exact) mass is 222 g/mol. The SMILES string of the molecule is COc1c(F)ccc2[nH]c(C)c(C(C)N)c12. The minimum atomic E-state index is -0.365. The number of benzene rings is 1. The predicted octanol–water partition coefficient (Wildman–Crippen LogP) is 2.64. The largest absolute Gasteiger partial charge is 0.493 e. The molecule has 2 aromatic rings. The molecule has 3 nitrogen and oxygen atoms in total. The van der Waals surface area contributed by atoms with Gasteiger partial charge in [0, 0.05) is 28.2 Å². The van der Waals surface area contributed by atoms with Crippen LogP contribution < -0.4 is 10.5 Å². The molecule has 2 rings (SSSR count). The molecule has 16 heavy (non-hydrogen) atoms. The quantitative estimate of drug-likeness (QED) is 0.820. The highest BCUT2D eigenvalue weighted by Gasteiger charge is 2.18. The van der Waals surface area contributed by atoms with Crippen LogP contribution in [0.1, 0.15) is 24.2 Å². The number of methoxy groups -OCH3 is 1. The Kier molecular flexibility index (Phi) is 2.59. The Morgan fingerprint density at radius 2 is 2.12 bits per heavy atom. The molecule has 0 bridgehead atoms. The van der Waals surface area contributed by atoms with E-state index in [2.05, 4.69) is 4.98 Å². The van der Waals surface area contributed by atoms with Crippen LogP contribution in [0.3, 0.4) is 0 Å². The molecule has 0 saturated heterocycles. The molecule has 0 spiro atoms. The number of hydrogen-bond acceptors (Lipinski definition) is 2. The maximum Gasteiger partial charge on any atom is 0.165 e. The molecule has 3 N–H and O–H groups in total. The first-order valence-electron chi connectivity index (χ1n) is 5.16. The molecule has 0 amide bonds. The van der Waals surface area contributed by atoms with E-state index in [1.807, 2.05) is 13.8 Å². The van der Waals surface area contributed by atoms with Crippen LogP contribution in [0.2, 0.25) is 0 Å². The molecule has 0 aliphatic heterocycles. The van der Waals surface area contributed by atoms with Gasteiger partial charge in [-0.25, -0.2) is 4.39 Å². The van der Waals surface area contributed by atoms with Crippen LogP contribution in [0.5, 0.6) is 5.75 Å². The molecule has 86 valence electrons. The zero-order valence-electron chi connectivity index (χ0n) is 9.60. The maximum atomic E-state index is 13.6. The summed E-state index contributed by atoms with van der Waals surface area (Å²) in [6.07, 6.45) is 0. The van der Waals surface area contributed by atoms with Gasteiger partial charge in [0.25, 0.3) is 0 Å². The summed E-state index contributed by atoms with van der Waals surface area (Å²) in [6, 6.07) is 2.93. The summed E-state index contributed by atoms with van der Waals surface area (Å²) < 4.78 is 18.7. The predicted molar refractivity (Wildman–Crippen MR) is 62.1 cm³/mol. The molecule has 1 unspecified atom stereocenters. The Balaban J connectivity index is 2.88. The van der Waals surface area contributed by atoms with E-state index in [-0.39, 0.29) is 17.6 Å². The van der Waals surface area contributed by atoms with Gasteiger partial charge in [0.05, 0.1) is 7.11 Å². The number of halogens is 1. The lowest BCUT2D eigenvalue weighted by molar-refractivity contribution is 0.391. The van der Waals surface area contributed by atoms with Crippen LogP contribution in [-0.2, 0) is 0 Å². The van der Waals surface area contributed by atoms with E-state index >= 15 is 0 Å². The molecule has 0 aliphatic carbocycles. The number of aromatic amines is 1. The second-order valence-corrected chi connectivity index (χ2v) is 3.96. The van der Waals surface area contributed by atoms with Gasteiger partial charge in [-0.1, -0.05) is 0 Å². The second kappa shape index (κ2) is 3.79. The lowest BCUT2D eigenvalue weighted by Crippen LogP contribution is -2.06. The van der Waals surface area contributed by atoms with Crippen molar-refractivity contribution >= 4 is 10.9 Å². The fourth-order valence-electron chi connectivity index (χ4n) is 2.15. The van der Waals surface area contributed by atoms with Gasteiger partial charge in [0.2, 0.25) is 0 Å². The van der Waals surface area contributed by atoms with Gasteiger partial charge in [-0.15, -0.1) is 0 Å². The smallest absolute Gasteiger partial charge is 0.165 e. The molecule has 0 fully saturated rings. The Hall–Kier alpha value is -1.55. The fraction of sp³-hybridized carbons (Fsp3) is 0.333. The third kappa shape index (κ3) is 1.46. The normalized spacial score (nSPS) is 13.1. The van der Waals surface area contributed by atoms with Gasteiger partial charge in [0.1, 0.15) is 0 Å². The van der Waals surface area contributed by atoms with E-state index in [0.717, 1.165) is 22.2 Å². The van der Waals surface area contributed by atoms with Crippen molar-refractivity contribution in [3.05, 3.63) is 29.2 Å². The minimum absolute atomic E-state index is 0.163. The molecular formula is C12H15FN2O. The third-order valence-electron chi connectivity index (χ3n) is 2.76. The fourth-order valence-corrected chi connectivity index (χ4v) is 2.15. The topological polar surface area (TPSA) is 51.0 Å². The van der Waals surface area contributed by atoms with Crippen LogP contribution >= 0.6 is 0 Å². The highest BCUT2D eigenvalue weighted by Crippen LogP contribution is 2.35. The van der Waals surface area contributed by atoms with Crippen molar-refractivity contribution in [1.82, 2.24) is 4.98 Å². The number of nitrogens with one attached hydrogen (secondary N) is 1. The van der Waals surface area contributed by atoms with E-state index in [9.17, 15) is 4.39 Å². The summed E-state index contributed by atoms with van der Waals surface area (Å²) in [6.45, 7) is 3.80. The Morgan fingerprint density at radius 3 is 2.69 bits per heavy atom. The van der Waals surface area contributed by atoms with E-state index in [4.69, 9.17) is 10.5 Å². The molecule has 1 heterocycles. The first-order valence-corrected chi connectivity index (χ1v) is 5.16. The molecule has 0 radical (unpaired) electrons. The highest BCUT2D eigenvalue weighted by atomic mass is 19.1. The van der Waals surface area contributed by atoms with E-state index in [0.29, 0.717) is 0 Å². The Labute approximate surface area is 93.4 Å². The number of aromatic nitrogens is 1. The molecule has 4 heteroatoms. The summed E-state index contributed by atoms with van der Waals surface area (Å²) in [5, 5.41) is 0.745. The second-order valence-electron chi connectivity index (χ2n) is 3.96. The summed E-state index contributed by atoms with van der Waals surface area (Å²) in [7, 11) is 1.46. The van der Waals surface area contributed by atoms with Crippen molar-refractivity contribution < 1.29 is 9.13 Å². The average molecular weight is 222 g/mol. The first kappa shape index (κ1) is 11.0. The van der Waals surface area contributed by atoms with Gasteiger partial charge in [-0.3, -0.25) is 0 Å². The van der Waals surface area contributed by atoms with E-state index in [1.54, 1.807) is 6.07 Å². The average Bonchev–Trinajstić information content (AvgIpc) is 2.54. The zero-order chi connectivity index (χ0) is 11.9. The van der Waals surface area contributed by atoms with Crippen LogP contribution in [0.15, 0.2) is 12.1 Å². The Morgan fingerprint density at radius 1 is 1.44 bits per heavy atom. The van der Waals surface area contributed by atoms with Crippen molar-refractivity contribution in [3.8, 4) is 5.75 Å². The van der Waals surface area contributed by atoms with Gasteiger partial charge < -0.3 is 15.5 Å². The number of rotatable bonds is 2. The van der Waals surface area contributed by atoms with Crippen LogP contribution in [0.25, 0.3) is 10.9 Å². The van der Waals surface area contributed by atoms with E-state index in [1.165, 1.54) is 13.2 Å². The van der Waals surface area contributed by atoms with Gasteiger partial charge in [0.15, 0.2) is 11.6 Å².